The lowest BCUT2D eigenvalue weighted by molar-refractivity contribution is 0.581. The van der Waals surface area contributed by atoms with Crippen molar-refractivity contribution in [2.24, 2.45) is 4.99 Å². The summed E-state index contributed by atoms with van der Waals surface area (Å²) in [5, 5.41) is 7.29. The molecule has 0 bridgehead atoms. The van der Waals surface area contributed by atoms with Gasteiger partial charge in [-0.1, -0.05) is 0 Å². The number of hydrogen-bond acceptors (Lipinski definition) is 2. The number of thioether (sulfide) groups is 1. The zero-order valence-electron chi connectivity index (χ0n) is 13.4. The molecule has 1 saturated carbocycles. The van der Waals surface area contributed by atoms with Crippen LogP contribution in [0.3, 0.4) is 0 Å². The normalized spacial score (nSPS) is 21.0. The van der Waals surface area contributed by atoms with Gasteiger partial charge in [0.2, 0.25) is 0 Å². The van der Waals surface area contributed by atoms with Gasteiger partial charge in [0.05, 0.1) is 0 Å². The maximum absolute atomic E-state index is 13.5. The highest BCUT2D eigenvalue weighted by Crippen LogP contribution is 2.27. The Bertz CT molecular complexity index is 528. The van der Waals surface area contributed by atoms with E-state index in [1.165, 1.54) is 18.6 Å². The predicted molar refractivity (Wildman–Crippen MR) is 105 cm³/mol. The molecule has 1 aromatic rings. The van der Waals surface area contributed by atoms with E-state index in [9.17, 15) is 8.78 Å². The molecule has 1 aliphatic carbocycles. The van der Waals surface area contributed by atoms with Crippen molar-refractivity contribution in [1.29, 1.82) is 0 Å². The van der Waals surface area contributed by atoms with Gasteiger partial charge in [-0.25, -0.2) is 8.78 Å². The van der Waals surface area contributed by atoms with E-state index in [0.717, 1.165) is 30.1 Å². The lowest BCUT2D eigenvalue weighted by Gasteiger charge is -2.17. The van der Waals surface area contributed by atoms with Crippen molar-refractivity contribution in [3.63, 3.8) is 0 Å². The zero-order chi connectivity index (χ0) is 15.9. The third-order valence-electron chi connectivity index (χ3n) is 3.98. The number of guanidine groups is 1. The third kappa shape index (κ3) is 6.45. The van der Waals surface area contributed by atoms with Gasteiger partial charge in [-0.15, -0.1) is 24.0 Å². The van der Waals surface area contributed by atoms with E-state index >= 15 is 0 Å². The summed E-state index contributed by atoms with van der Waals surface area (Å²) in [5.74, 6) is -0.0544. The first-order chi connectivity index (χ1) is 10.6. The number of aliphatic imine (C=N–C) groups is 1. The Morgan fingerprint density at radius 3 is 2.78 bits per heavy atom. The van der Waals surface area contributed by atoms with Gasteiger partial charge >= 0.3 is 0 Å². The van der Waals surface area contributed by atoms with Gasteiger partial charge < -0.3 is 10.6 Å². The first-order valence-corrected chi connectivity index (χ1v) is 8.85. The van der Waals surface area contributed by atoms with Crippen LogP contribution in [0.25, 0.3) is 0 Å². The van der Waals surface area contributed by atoms with Crippen LogP contribution in [-0.2, 0) is 6.42 Å². The van der Waals surface area contributed by atoms with Crippen molar-refractivity contribution in [3.8, 4) is 0 Å². The fourth-order valence-corrected chi connectivity index (χ4v) is 3.52. The van der Waals surface area contributed by atoms with Gasteiger partial charge in [0.1, 0.15) is 11.6 Å². The molecule has 2 unspecified atom stereocenters. The minimum atomic E-state index is -0.409. The minimum absolute atomic E-state index is 0. The van der Waals surface area contributed by atoms with Crippen molar-refractivity contribution in [2.75, 3.05) is 19.8 Å². The maximum Gasteiger partial charge on any atom is 0.191 e. The largest absolute Gasteiger partial charge is 0.356 e. The molecule has 0 amide bonds. The number of nitrogens with zero attached hydrogens (tertiary/aromatic N) is 1. The molecule has 1 fully saturated rings. The van der Waals surface area contributed by atoms with Crippen LogP contribution >= 0.6 is 35.7 Å². The van der Waals surface area contributed by atoms with Crippen molar-refractivity contribution >= 4 is 41.7 Å². The van der Waals surface area contributed by atoms with E-state index in [1.54, 1.807) is 7.05 Å². The van der Waals surface area contributed by atoms with E-state index in [-0.39, 0.29) is 29.8 Å². The molecule has 2 atom stereocenters. The van der Waals surface area contributed by atoms with Crippen LogP contribution < -0.4 is 10.6 Å². The summed E-state index contributed by atoms with van der Waals surface area (Å²) in [6.07, 6.45) is 6.07. The zero-order valence-corrected chi connectivity index (χ0v) is 16.6. The summed E-state index contributed by atoms with van der Waals surface area (Å²) in [7, 11) is 1.72. The average molecular weight is 455 g/mol. The van der Waals surface area contributed by atoms with Gasteiger partial charge in [0, 0.05) is 24.9 Å². The van der Waals surface area contributed by atoms with Crippen molar-refractivity contribution < 1.29 is 8.78 Å². The average Bonchev–Trinajstić information content (AvgIpc) is 2.97. The molecule has 23 heavy (non-hydrogen) atoms. The highest BCUT2D eigenvalue weighted by molar-refractivity contribution is 14.0. The minimum Gasteiger partial charge on any atom is -0.356 e. The topological polar surface area (TPSA) is 36.4 Å². The molecule has 0 heterocycles. The Morgan fingerprint density at radius 2 is 2.13 bits per heavy atom. The Balaban J connectivity index is 0.00000264. The van der Waals surface area contributed by atoms with E-state index < -0.39 is 5.82 Å². The van der Waals surface area contributed by atoms with Crippen LogP contribution in [-0.4, -0.2) is 37.1 Å². The number of hydrogen-bond donors (Lipinski definition) is 2. The summed E-state index contributed by atoms with van der Waals surface area (Å²) < 4.78 is 26.7. The highest BCUT2D eigenvalue weighted by Gasteiger charge is 2.24. The van der Waals surface area contributed by atoms with Crippen molar-refractivity contribution in [1.82, 2.24) is 10.6 Å². The molecule has 1 aliphatic rings. The first kappa shape index (κ1) is 20.5. The van der Waals surface area contributed by atoms with Gasteiger partial charge in [-0.2, -0.15) is 11.8 Å². The Hall–Kier alpha value is -0.570. The number of halogens is 3. The standard InChI is InChI=1S/C16H23F2N3S.HI/c1-19-16(21-13-4-5-14(10-13)22-2)20-8-7-11-9-12(17)3-6-15(11)18;/h3,6,9,13-14H,4-5,7-8,10H2,1-2H3,(H2,19,20,21);1H. The van der Waals surface area contributed by atoms with Crippen LogP contribution in [0.5, 0.6) is 0 Å². The van der Waals surface area contributed by atoms with Crippen LogP contribution in [0.15, 0.2) is 23.2 Å². The molecule has 7 heteroatoms. The van der Waals surface area contributed by atoms with Gasteiger partial charge in [-0.05, 0) is 55.7 Å². The molecule has 2 N–H and O–H groups in total. The fraction of sp³-hybridized carbons (Fsp3) is 0.562. The quantitative estimate of drug-likeness (QED) is 0.405. The van der Waals surface area contributed by atoms with Crippen LogP contribution in [0, 0.1) is 11.6 Å². The second-order valence-electron chi connectivity index (χ2n) is 5.50. The fourth-order valence-electron chi connectivity index (χ4n) is 2.72. The predicted octanol–water partition coefficient (Wildman–Crippen LogP) is 3.57. The molecule has 2 rings (SSSR count). The second-order valence-corrected chi connectivity index (χ2v) is 6.63. The molecule has 0 saturated heterocycles. The summed E-state index contributed by atoms with van der Waals surface area (Å²) >= 11 is 1.91. The summed E-state index contributed by atoms with van der Waals surface area (Å²) in [6.45, 7) is 0.513. The second kappa shape index (κ2) is 10.3. The molecule has 1 aromatic carbocycles. The Morgan fingerprint density at radius 1 is 1.35 bits per heavy atom. The Kier molecular flexibility index (Phi) is 9.19. The van der Waals surface area contributed by atoms with Crippen LogP contribution in [0.1, 0.15) is 24.8 Å². The van der Waals surface area contributed by atoms with Gasteiger partial charge in [0.15, 0.2) is 5.96 Å². The molecule has 0 aromatic heterocycles. The SMILES string of the molecule is CN=C(NCCc1cc(F)ccc1F)NC1CCC(SC)C1.I. The van der Waals surface area contributed by atoms with E-state index in [4.69, 9.17) is 0 Å². The number of benzene rings is 1. The van der Waals surface area contributed by atoms with Crippen molar-refractivity contribution in [3.05, 3.63) is 35.4 Å². The van der Waals surface area contributed by atoms with E-state index in [2.05, 4.69) is 21.9 Å². The van der Waals surface area contributed by atoms with Gasteiger partial charge in [-0.3, -0.25) is 4.99 Å². The lowest BCUT2D eigenvalue weighted by Crippen LogP contribution is -2.43. The smallest absolute Gasteiger partial charge is 0.191 e. The van der Waals surface area contributed by atoms with Gasteiger partial charge in [0.25, 0.3) is 0 Å². The Labute approximate surface area is 158 Å². The molecule has 0 aliphatic heterocycles. The summed E-state index contributed by atoms with van der Waals surface area (Å²) in [4.78, 5) is 4.19. The highest BCUT2D eigenvalue weighted by atomic mass is 127. The molecular weight excluding hydrogens is 431 g/mol. The monoisotopic (exact) mass is 455 g/mol. The van der Waals surface area contributed by atoms with Crippen LogP contribution in [0.2, 0.25) is 0 Å². The number of nitrogens with one attached hydrogen (secondary N) is 2. The van der Waals surface area contributed by atoms with E-state index in [0.29, 0.717) is 24.6 Å². The number of rotatable bonds is 5. The first-order valence-electron chi connectivity index (χ1n) is 7.56. The molecule has 3 nitrogen and oxygen atoms in total. The molecule has 130 valence electrons. The molecule has 0 radical (unpaired) electrons. The third-order valence-corrected chi connectivity index (χ3v) is 5.07. The van der Waals surface area contributed by atoms with Crippen LogP contribution in [0.4, 0.5) is 8.78 Å². The summed E-state index contributed by atoms with van der Waals surface area (Å²) in [6, 6.07) is 3.98. The lowest BCUT2D eigenvalue weighted by atomic mass is 10.1. The van der Waals surface area contributed by atoms with E-state index in [1.807, 2.05) is 11.8 Å². The van der Waals surface area contributed by atoms with Crippen molar-refractivity contribution in [2.45, 2.75) is 37.0 Å². The molecule has 0 spiro atoms. The maximum atomic E-state index is 13.5. The molecular formula is C16H24F2IN3S. The summed E-state index contributed by atoms with van der Waals surface area (Å²) in [5.41, 5.74) is 0.381.